The minimum Gasteiger partial charge on any atom is -0.478 e. The second-order valence-electron chi connectivity index (χ2n) is 4.79. The van der Waals surface area contributed by atoms with Gasteiger partial charge < -0.3 is 5.11 Å². The number of carboxylic acid groups (broad SMARTS) is 1. The van der Waals surface area contributed by atoms with Gasteiger partial charge in [0.2, 0.25) is 0 Å². The van der Waals surface area contributed by atoms with Gasteiger partial charge in [-0.1, -0.05) is 6.07 Å². The molecule has 0 amide bonds. The standard InChI is InChI=1S/C13H8N4O6S2/c18-13(19)8-5-4-7(17(20)21)6-10(8)16-25(22,23)11-3-1-2-9-12(11)15-24-14-9/h1-6,16H,(H,18,19). The molecule has 1 aromatic heterocycles. The van der Waals surface area contributed by atoms with Gasteiger partial charge in [0.1, 0.15) is 15.9 Å². The van der Waals surface area contributed by atoms with Crippen LogP contribution >= 0.6 is 11.7 Å². The zero-order valence-corrected chi connectivity index (χ0v) is 13.7. The first-order valence-electron chi connectivity index (χ1n) is 6.55. The lowest BCUT2D eigenvalue weighted by Crippen LogP contribution is -2.16. The number of non-ortho nitro benzene ring substituents is 1. The van der Waals surface area contributed by atoms with Gasteiger partial charge in [0, 0.05) is 12.1 Å². The number of hydrogen-bond acceptors (Lipinski definition) is 8. The smallest absolute Gasteiger partial charge is 0.337 e. The molecule has 0 unspecified atom stereocenters. The molecule has 3 aromatic rings. The number of aromatic nitrogens is 2. The predicted molar refractivity (Wildman–Crippen MR) is 88.3 cm³/mol. The second-order valence-corrected chi connectivity index (χ2v) is 6.97. The molecular formula is C13H8N4O6S2. The second kappa shape index (κ2) is 6.07. The average molecular weight is 380 g/mol. The first-order chi connectivity index (χ1) is 11.8. The summed E-state index contributed by atoms with van der Waals surface area (Å²) in [7, 11) is -4.24. The van der Waals surface area contributed by atoms with Gasteiger partial charge in [-0.05, 0) is 18.2 Å². The van der Waals surface area contributed by atoms with Crippen molar-refractivity contribution >= 4 is 50.1 Å². The van der Waals surface area contributed by atoms with Crippen LogP contribution < -0.4 is 4.72 Å². The molecule has 0 atom stereocenters. The maximum absolute atomic E-state index is 12.6. The Hall–Kier alpha value is -3.12. The third kappa shape index (κ3) is 3.12. The van der Waals surface area contributed by atoms with E-state index >= 15 is 0 Å². The van der Waals surface area contributed by atoms with Crippen LogP contribution in [0.15, 0.2) is 41.3 Å². The number of carboxylic acids is 1. The molecule has 0 fully saturated rings. The minimum absolute atomic E-state index is 0.127. The summed E-state index contributed by atoms with van der Waals surface area (Å²) in [6, 6.07) is 7.11. The Morgan fingerprint density at radius 2 is 2.00 bits per heavy atom. The van der Waals surface area contributed by atoms with Gasteiger partial charge in [-0.25, -0.2) is 13.2 Å². The SMILES string of the molecule is O=C(O)c1ccc([N+](=O)[O-])cc1NS(=O)(=O)c1cccc2nsnc12. The van der Waals surface area contributed by atoms with E-state index in [-0.39, 0.29) is 10.4 Å². The van der Waals surface area contributed by atoms with Crippen LogP contribution in [-0.2, 0) is 10.0 Å². The number of anilines is 1. The molecule has 0 aliphatic heterocycles. The highest BCUT2D eigenvalue weighted by atomic mass is 32.2. The molecule has 0 radical (unpaired) electrons. The molecule has 2 N–H and O–H groups in total. The van der Waals surface area contributed by atoms with Crippen LogP contribution in [0.3, 0.4) is 0 Å². The number of aromatic carboxylic acids is 1. The quantitative estimate of drug-likeness (QED) is 0.504. The fraction of sp³-hybridized carbons (Fsp3) is 0. The monoisotopic (exact) mass is 380 g/mol. The van der Waals surface area contributed by atoms with Gasteiger partial charge in [0.15, 0.2) is 0 Å². The van der Waals surface area contributed by atoms with Gasteiger partial charge in [-0.2, -0.15) is 8.75 Å². The van der Waals surface area contributed by atoms with E-state index in [0.717, 1.165) is 29.9 Å². The van der Waals surface area contributed by atoms with Crippen molar-refractivity contribution in [1.29, 1.82) is 0 Å². The van der Waals surface area contributed by atoms with E-state index in [1.165, 1.54) is 12.1 Å². The number of nitrogens with zero attached hydrogens (tertiary/aromatic N) is 3. The molecule has 2 aromatic carbocycles. The zero-order chi connectivity index (χ0) is 18.2. The molecule has 10 nitrogen and oxygen atoms in total. The number of rotatable bonds is 5. The van der Waals surface area contributed by atoms with Crippen LogP contribution in [0.4, 0.5) is 11.4 Å². The number of carbonyl (C=O) groups is 1. The van der Waals surface area contributed by atoms with Crippen molar-refractivity contribution in [2.45, 2.75) is 4.90 Å². The molecule has 0 aliphatic carbocycles. The van der Waals surface area contributed by atoms with Crippen LogP contribution in [0.1, 0.15) is 10.4 Å². The van der Waals surface area contributed by atoms with E-state index in [4.69, 9.17) is 0 Å². The molecule has 25 heavy (non-hydrogen) atoms. The van der Waals surface area contributed by atoms with Crippen molar-refractivity contribution in [2.75, 3.05) is 4.72 Å². The summed E-state index contributed by atoms with van der Waals surface area (Å²) in [6.07, 6.45) is 0. The zero-order valence-electron chi connectivity index (χ0n) is 12.1. The lowest BCUT2D eigenvalue weighted by atomic mass is 10.1. The molecule has 0 aliphatic rings. The highest BCUT2D eigenvalue weighted by Crippen LogP contribution is 2.27. The van der Waals surface area contributed by atoms with E-state index in [0.29, 0.717) is 5.52 Å². The summed E-state index contributed by atoms with van der Waals surface area (Å²) < 4.78 is 35.2. The van der Waals surface area contributed by atoms with E-state index in [9.17, 15) is 28.4 Å². The topological polar surface area (TPSA) is 152 Å². The van der Waals surface area contributed by atoms with E-state index in [1.54, 1.807) is 6.07 Å². The Morgan fingerprint density at radius 1 is 1.24 bits per heavy atom. The number of fused-ring (bicyclic) bond motifs is 1. The fourth-order valence-corrected chi connectivity index (χ4v) is 3.95. The highest BCUT2D eigenvalue weighted by Gasteiger charge is 2.24. The van der Waals surface area contributed by atoms with Crippen LogP contribution in [0.5, 0.6) is 0 Å². The summed E-state index contributed by atoms with van der Waals surface area (Å²) >= 11 is 0.828. The number of nitro benzene ring substituents is 1. The summed E-state index contributed by atoms with van der Waals surface area (Å²) in [5.74, 6) is -1.43. The molecule has 0 saturated carbocycles. The van der Waals surface area contributed by atoms with Crippen molar-refractivity contribution in [1.82, 2.24) is 8.75 Å². The number of hydrogen-bond donors (Lipinski definition) is 2. The van der Waals surface area contributed by atoms with Gasteiger partial charge >= 0.3 is 5.97 Å². The Bertz CT molecular complexity index is 1110. The molecule has 0 bridgehead atoms. The lowest BCUT2D eigenvalue weighted by molar-refractivity contribution is -0.384. The summed E-state index contributed by atoms with van der Waals surface area (Å²) in [5, 5.41) is 20.0. The Kier molecular flexibility index (Phi) is 4.06. The first kappa shape index (κ1) is 16.7. The minimum atomic E-state index is -4.24. The highest BCUT2D eigenvalue weighted by molar-refractivity contribution is 7.93. The molecule has 0 saturated heterocycles. The van der Waals surface area contributed by atoms with Crippen LogP contribution in [0.25, 0.3) is 11.0 Å². The average Bonchev–Trinajstić information content (AvgIpc) is 3.02. The van der Waals surface area contributed by atoms with Gasteiger partial charge in [0.25, 0.3) is 15.7 Å². The molecule has 0 spiro atoms. The van der Waals surface area contributed by atoms with E-state index in [2.05, 4.69) is 13.5 Å². The van der Waals surface area contributed by atoms with Crippen molar-refractivity contribution in [3.63, 3.8) is 0 Å². The largest absolute Gasteiger partial charge is 0.478 e. The number of nitro groups is 1. The molecule has 1 heterocycles. The predicted octanol–water partition coefficient (Wildman–Crippen LogP) is 2.10. The van der Waals surface area contributed by atoms with Crippen molar-refractivity contribution < 1.29 is 23.2 Å². The molecule has 12 heteroatoms. The normalized spacial score (nSPS) is 11.4. The Balaban J connectivity index is 2.12. The Labute approximate surface area is 144 Å². The number of nitrogens with one attached hydrogen (secondary N) is 1. The lowest BCUT2D eigenvalue weighted by Gasteiger charge is -2.10. The van der Waals surface area contributed by atoms with Gasteiger partial charge in [0.05, 0.1) is 27.9 Å². The molecule has 3 rings (SSSR count). The van der Waals surface area contributed by atoms with Gasteiger partial charge in [-0.15, -0.1) is 0 Å². The van der Waals surface area contributed by atoms with E-state index < -0.39 is 37.9 Å². The van der Waals surface area contributed by atoms with Crippen molar-refractivity contribution in [2.24, 2.45) is 0 Å². The summed E-state index contributed by atoms with van der Waals surface area (Å²) in [6.45, 7) is 0. The fourth-order valence-electron chi connectivity index (χ4n) is 2.11. The van der Waals surface area contributed by atoms with E-state index in [1.807, 2.05) is 0 Å². The van der Waals surface area contributed by atoms with Gasteiger partial charge in [-0.3, -0.25) is 14.8 Å². The first-order valence-corrected chi connectivity index (χ1v) is 8.77. The number of benzene rings is 2. The maximum Gasteiger partial charge on any atom is 0.337 e. The molecule has 128 valence electrons. The Morgan fingerprint density at radius 3 is 2.68 bits per heavy atom. The maximum atomic E-state index is 12.6. The summed E-state index contributed by atoms with van der Waals surface area (Å²) in [5.41, 5.74) is -0.788. The third-order valence-corrected chi connectivity index (χ3v) is 5.17. The van der Waals surface area contributed by atoms with Crippen molar-refractivity contribution in [3.8, 4) is 0 Å². The summed E-state index contributed by atoms with van der Waals surface area (Å²) in [4.78, 5) is 21.2. The number of sulfonamides is 1. The van der Waals surface area contributed by atoms with Crippen LogP contribution in [0, 0.1) is 10.1 Å². The van der Waals surface area contributed by atoms with Crippen LogP contribution in [-0.4, -0.2) is 33.2 Å². The molecular weight excluding hydrogens is 372 g/mol. The van der Waals surface area contributed by atoms with Crippen molar-refractivity contribution in [3.05, 3.63) is 52.1 Å². The van der Waals surface area contributed by atoms with Crippen LogP contribution in [0.2, 0.25) is 0 Å². The third-order valence-electron chi connectivity index (χ3n) is 3.23.